The molecule has 1 aromatic carbocycles. The molecule has 0 aliphatic carbocycles. The molecule has 0 fully saturated rings. The van der Waals surface area contributed by atoms with Gasteiger partial charge in [-0.1, -0.05) is 17.7 Å². The van der Waals surface area contributed by atoms with E-state index in [4.69, 9.17) is 11.6 Å². The predicted octanol–water partition coefficient (Wildman–Crippen LogP) is 4.24. The van der Waals surface area contributed by atoms with Crippen molar-refractivity contribution in [1.29, 1.82) is 0 Å². The van der Waals surface area contributed by atoms with Crippen LogP contribution in [-0.2, 0) is 0 Å². The average molecular weight is 287 g/mol. The van der Waals surface area contributed by atoms with E-state index in [0.29, 0.717) is 10.6 Å². The van der Waals surface area contributed by atoms with Crippen molar-refractivity contribution in [3.63, 3.8) is 0 Å². The molecule has 0 radical (unpaired) electrons. The van der Waals surface area contributed by atoms with Crippen LogP contribution in [0.3, 0.4) is 0 Å². The smallest absolute Gasteiger partial charge is 0.189 e. The predicted molar refractivity (Wildman–Crippen MR) is 82.1 cm³/mol. The second kappa shape index (κ2) is 6.35. The summed E-state index contributed by atoms with van der Waals surface area (Å²) in [6, 6.07) is 9.18. The molecule has 0 bridgehead atoms. The summed E-state index contributed by atoms with van der Waals surface area (Å²) >= 11 is 6.11. The van der Waals surface area contributed by atoms with E-state index in [1.165, 1.54) is 6.08 Å². The first-order valence-electron chi connectivity index (χ1n) is 6.22. The van der Waals surface area contributed by atoms with E-state index in [1.54, 1.807) is 24.5 Å². The number of pyridine rings is 1. The first-order valence-corrected chi connectivity index (χ1v) is 6.60. The van der Waals surface area contributed by atoms with E-state index in [-0.39, 0.29) is 5.78 Å². The normalized spacial score (nSPS) is 11.2. The van der Waals surface area contributed by atoms with Gasteiger partial charge < -0.3 is 5.32 Å². The molecule has 0 saturated heterocycles. The zero-order valence-electron chi connectivity index (χ0n) is 11.4. The SMILES string of the molecule is CC(=CC(=O)c1cccnc1)Nc1cc(C)ccc1Cl. The zero-order chi connectivity index (χ0) is 14.5. The number of benzene rings is 1. The van der Waals surface area contributed by atoms with Gasteiger partial charge in [-0.2, -0.15) is 0 Å². The highest BCUT2D eigenvalue weighted by atomic mass is 35.5. The van der Waals surface area contributed by atoms with Crippen molar-refractivity contribution in [1.82, 2.24) is 4.98 Å². The van der Waals surface area contributed by atoms with Gasteiger partial charge in [-0.15, -0.1) is 0 Å². The molecule has 0 unspecified atom stereocenters. The quantitative estimate of drug-likeness (QED) is 0.675. The van der Waals surface area contributed by atoms with Crippen LogP contribution in [-0.4, -0.2) is 10.8 Å². The third-order valence-corrected chi connectivity index (χ3v) is 3.08. The number of nitrogens with zero attached hydrogens (tertiary/aromatic N) is 1. The lowest BCUT2D eigenvalue weighted by molar-refractivity contribution is 0.104. The lowest BCUT2D eigenvalue weighted by Gasteiger charge is -2.09. The third-order valence-electron chi connectivity index (χ3n) is 2.75. The summed E-state index contributed by atoms with van der Waals surface area (Å²) in [5.74, 6) is -0.0909. The van der Waals surface area contributed by atoms with Crippen LogP contribution in [0.5, 0.6) is 0 Å². The maximum Gasteiger partial charge on any atom is 0.189 e. The van der Waals surface area contributed by atoms with Gasteiger partial charge in [0.25, 0.3) is 0 Å². The maximum atomic E-state index is 12.0. The second-order valence-corrected chi connectivity index (χ2v) is 4.95. The van der Waals surface area contributed by atoms with Gasteiger partial charge in [-0.3, -0.25) is 9.78 Å². The fraction of sp³-hybridized carbons (Fsp3) is 0.125. The van der Waals surface area contributed by atoms with E-state index < -0.39 is 0 Å². The van der Waals surface area contributed by atoms with E-state index in [0.717, 1.165) is 16.9 Å². The molecule has 0 aliphatic rings. The minimum absolute atomic E-state index is 0.0909. The first-order chi connectivity index (χ1) is 9.56. The van der Waals surface area contributed by atoms with Crippen LogP contribution in [0.1, 0.15) is 22.8 Å². The number of halogens is 1. The van der Waals surface area contributed by atoms with Gasteiger partial charge in [0.2, 0.25) is 0 Å². The highest BCUT2D eigenvalue weighted by Crippen LogP contribution is 2.24. The minimum atomic E-state index is -0.0909. The van der Waals surface area contributed by atoms with E-state index in [2.05, 4.69) is 10.3 Å². The Balaban J connectivity index is 2.15. The minimum Gasteiger partial charge on any atom is -0.358 e. The van der Waals surface area contributed by atoms with Crippen LogP contribution >= 0.6 is 11.6 Å². The molecule has 0 amide bonds. The maximum absolute atomic E-state index is 12.0. The number of carbonyl (C=O) groups is 1. The molecule has 1 heterocycles. The first kappa shape index (κ1) is 14.3. The van der Waals surface area contributed by atoms with Gasteiger partial charge in [0, 0.05) is 29.7 Å². The summed E-state index contributed by atoms with van der Waals surface area (Å²) < 4.78 is 0. The number of hydrogen-bond donors (Lipinski definition) is 1. The highest BCUT2D eigenvalue weighted by Gasteiger charge is 2.04. The van der Waals surface area contributed by atoms with Gasteiger partial charge in [-0.05, 0) is 43.7 Å². The van der Waals surface area contributed by atoms with Gasteiger partial charge in [-0.25, -0.2) is 0 Å². The number of aromatic nitrogens is 1. The van der Waals surface area contributed by atoms with Crippen molar-refractivity contribution < 1.29 is 4.79 Å². The summed E-state index contributed by atoms with van der Waals surface area (Å²) in [6.45, 7) is 3.81. The average Bonchev–Trinajstić information content (AvgIpc) is 2.43. The number of allylic oxidation sites excluding steroid dienone is 2. The third kappa shape index (κ3) is 3.68. The molecule has 0 saturated carbocycles. The topological polar surface area (TPSA) is 42.0 Å². The number of ketones is 1. The second-order valence-electron chi connectivity index (χ2n) is 4.54. The molecular weight excluding hydrogens is 272 g/mol. The summed E-state index contributed by atoms with van der Waals surface area (Å²) in [5, 5.41) is 3.76. The fourth-order valence-electron chi connectivity index (χ4n) is 1.77. The molecular formula is C16H15ClN2O. The summed E-state index contributed by atoms with van der Waals surface area (Å²) in [7, 11) is 0. The number of carbonyl (C=O) groups excluding carboxylic acids is 1. The zero-order valence-corrected chi connectivity index (χ0v) is 12.1. The standard InChI is InChI=1S/C16H15ClN2O/c1-11-5-6-14(17)15(8-11)19-12(2)9-16(20)13-4-3-7-18-10-13/h3-10,19H,1-2H3. The summed E-state index contributed by atoms with van der Waals surface area (Å²) in [6.07, 6.45) is 4.72. The lowest BCUT2D eigenvalue weighted by atomic mass is 10.1. The Morgan fingerprint density at radius 3 is 2.85 bits per heavy atom. The molecule has 102 valence electrons. The number of anilines is 1. The van der Waals surface area contributed by atoms with Crippen LogP contribution in [0.2, 0.25) is 5.02 Å². The molecule has 3 nitrogen and oxygen atoms in total. The lowest BCUT2D eigenvalue weighted by Crippen LogP contribution is -2.02. The van der Waals surface area contributed by atoms with Crippen LogP contribution in [0.15, 0.2) is 54.5 Å². The summed E-state index contributed by atoms with van der Waals surface area (Å²) in [5.41, 5.74) is 3.18. The Bertz CT molecular complexity index is 651. The van der Waals surface area contributed by atoms with Crippen molar-refractivity contribution in [2.45, 2.75) is 13.8 Å². The number of rotatable bonds is 4. The van der Waals surface area contributed by atoms with Gasteiger partial charge >= 0.3 is 0 Å². The van der Waals surface area contributed by atoms with Gasteiger partial charge in [0.05, 0.1) is 10.7 Å². The van der Waals surface area contributed by atoms with Crippen LogP contribution in [0.25, 0.3) is 0 Å². The molecule has 2 aromatic rings. The number of aryl methyl sites for hydroxylation is 1. The molecule has 20 heavy (non-hydrogen) atoms. The largest absolute Gasteiger partial charge is 0.358 e. The van der Waals surface area contributed by atoms with Crippen LogP contribution in [0.4, 0.5) is 5.69 Å². The van der Waals surface area contributed by atoms with Gasteiger partial charge in [0.1, 0.15) is 0 Å². The molecule has 0 spiro atoms. The van der Waals surface area contributed by atoms with Gasteiger partial charge in [0.15, 0.2) is 5.78 Å². The molecule has 4 heteroatoms. The highest BCUT2D eigenvalue weighted by molar-refractivity contribution is 6.33. The molecule has 1 N–H and O–H groups in total. The van der Waals surface area contributed by atoms with E-state index in [9.17, 15) is 4.79 Å². The van der Waals surface area contributed by atoms with Crippen molar-refractivity contribution in [3.8, 4) is 0 Å². The van der Waals surface area contributed by atoms with Crippen molar-refractivity contribution in [2.75, 3.05) is 5.32 Å². The summed E-state index contributed by atoms with van der Waals surface area (Å²) in [4.78, 5) is 15.9. The van der Waals surface area contributed by atoms with Crippen LogP contribution < -0.4 is 5.32 Å². The fourth-order valence-corrected chi connectivity index (χ4v) is 1.94. The van der Waals surface area contributed by atoms with Crippen LogP contribution in [0, 0.1) is 6.92 Å². The number of nitrogens with one attached hydrogen (secondary N) is 1. The molecule has 0 atom stereocenters. The number of hydrogen-bond acceptors (Lipinski definition) is 3. The Hall–Kier alpha value is -2.13. The van der Waals surface area contributed by atoms with Crippen molar-refractivity contribution in [3.05, 3.63) is 70.6 Å². The Morgan fingerprint density at radius 2 is 2.15 bits per heavy atom. The monoisotopic (exact) mass is 286 g/mol. The van der Waals surface area contributed by atoms with E-state index >= 15 is 0 Å². The van der Waals surface area contributed by atoms with Crippen molar-refractivity contribution in [2.24, 2.45) is 0 Å². The molecule has 0 aliphatic heterocycles. The molecule has 1 aromatic heterocycles. The van der Waals surface area contributed by atoms with Crippen molar-refractivity contribution >= 4 is 23.1 Å². The Morgan fingerprint density at radius 1 is 1.35 bits per heavy atom. The Labute approximate surface area is 123 Å². The molecule has 2 rings (SSSR count). The Kier molecular flexibility index (Phi) is 4.53. The van der Waals surface area contributed by atoms with E-state index in [1.807, 2.05) is 32.0 Å².